The quantitative estimate of drug-likeness (QED) is 0.791. The van der Waals surface area contributed by atoms with Gasteiger partial charge in [0.25, 0.3) is 0 Å². The molecule has 1 aromatic heterocycles. The molecule has 0 radical (unpaired) electrons. The van der Waals surface area contributed by atoms with Gasteiger partial charge in [0.15, 0.2) is 0 Å². The minimum absolute atomic E-state index is 0.0573. The van der Waals surface area contributed by atoms with E-state index in [9.17, 15) is 18.3 Å². The smallest absolute Gasteiger partial charge is 0.396 e. The Morgan fingerprint density at radius 2 is 2.16 bits per heavy atom. The van der Waals surface area contributed by atoms with E-state index in [1.165, 1.54) is 0 Å². The van der Waals surface area contributed by atoms with Gasteiger partial charge in [0.05, 0.1) is 23.7 Å². The van der Waals surface area contributed by atoms with Crippen LogP contribution in [-0.2, 0) is 6.18 Å². The van der Waals surface area contributed by atoms with Crippen LogP contribution in [0, 0.1) is 5.92 Å². The highest BCUT2D eigenvalue weighted by Crippen LogP contribution is 2.32. The second-order valence-electron chi connectivity index (χ2n) is 4.79. The van der Waals surface area contributed by atoms with Gasteiger partial charge < -0.3 is 16.2 Å². The first-order chi connectivity index (χ1) is 8.88. The van der Waals surface area contributed by atoms with Crippen LogP contribution in [0.3, 0.4) is 0 Å². The standard InChI is InChI=1S/C12H16F3N3O/c13-12(14,15)11-4-9(8(16)6-18-11)17-5-7-2-1-3-10(7)19/h4,6-7,10,19H,1-3,5,16H2,(H,17,18). The molecule has 1 aliphatic carbocycles. The zero-order valence-electron chi connectivity index (χ0n) is 10.2. The molecule has 0 aromatic carbocycles. The number of anilines is 2. The fourth-order valence-electron chi connectivity index (χ4n) is 2.27. The van der Waals surface area contributed by atoms with Crippen molar-refractivity contribution in [3.8, 4) is 0 Å². The number of hydrogen-bond acceptors (Lipinski definition) is 4. The van der Waals surface area contributed by atoms with Crippen molar-refractivity contribution in [2.75, 3.05) is 17.6 Å². The molecule has 106 valence electrons. The Hall–Kier alpha value is -1.50. The largest absolute Gasteiger partial charge is 0.433 e. The Morgan fingerprint density at radius 3 is 2.74 bits per heavy atom. The molecule has 0 aliphatic heterocycles. The maximum atomic E-state index is 12.5. The monoisotopic (exact) mass is 275 g/mol. The molecule has 4 N–H and O–H groups in total. The predicted octanol–water partition coefficient (Wildman–Crippen LogP) is 2.26. The van der Waals surface area contributed by atoms with Crippen molar-refractivity contribution in [2.45, 2.75) is 31.5 Å². The van der Waals surface area contributed by atoms with E-state index in [-0.39, 0.29) is 17.3 Å². The van der Waals surface area contributed by atoms with Crippen LogP contribution in [0.5, 0.6) is 0 Å². The number of aliphatic hydroxyl groups is 1. The number of rotatable bonds is 3. The van der Waals surface area contributed by atoms with Gasteiger partial charge in [-0.15, -0.1) is 0 Å². The average Bonchev–Trinajstić information content (AvgIpc) is 2.72. The summed E-state index contributed by atoms with van der Waals surface area (Å²) >= 11 is 0. The Morgan fingerprint density at radius 1 is 1.42 bits per heavy atom. The fraction of sp³-hybridized carbons (Fsp3) is 0.583. The number of aliphatic hydroxyl groups excluding tert-OH is 1. The Labute approximate surface area is 108 Å². The summed E-state index contributed by atoms with van der Waals surface area (Å²) in [5.74, 6) is 0.0573. The van der Waals surface area contributed by atoms with E-state index in [1.807, 2.05) is 0 Å². The summed E-state index contributed by atoms with van der Waals surface area (Å²) in [6, 6.07) is 0.899. The van der Waals surface area contributed by atoms with Crippen LogP contribution >= 0.6 is 0 Å². The molecule has 1 saturated carbocycles. The molecule has 2 unspecified atom stereocenters. The maximum Gasteiger partial charge on any atom is 0.433 e. The number of aromatic nitrogens is 1. The van der Waals surface area contributed by atoms with E-state index in [0.29, 0.717) is 6.54 Å². The highest BCUT2D eigenvalue weighted by molar-refractivity contribution is 5.65. The van der Waals surface area contributed by atoms with Crippen molar-refractivity contribution in [3.05, 3.63) is 18.0 Å². The Kier molecular flexibility index (Phi) is 3.84. The lowest BCUT2D eigenvalue weighted by Crippen LogP contribution is -2.22. The molecule has 0 bridgehead atoms. The first-order valence-corrected chi connectivity index (χ1v) is 6.12. The third-order valence-corrected chi connectivity index (χ3v) is 3.40. The van der Waals surface area contributed by atoms with Gasteiger partial charge in [-0.3, -0.25) is 0 Å². The summed E-state index contributed by atoms with van der Waals surface area (Å²) in [6.07, 6.45) is -1.34. The van der Waals surface area contributed by atoms with E-state index in [2.05, 4.69) is 10.3 Å². The van der Waals surface area contributed by atoms with E-state index in [0.717, 1.165) is 31.5 Å². The van der Waals surface area contributed by atoms with Crippen molar-refractivity contribution in [2.24, 2.45) is 5.92 Å². The first kappa shape index (κ1) is 13.9. The lowest BCUT2D eigenvalue weighted by Gasteiger charge is -2.17. The molecule has 0 amide bonds. The number of nitrogens with one attached hydrogen (secondary N) is 1. The number of nitrogens with two attached hydrogens (primary N) is 1. The lowest BCUT2D eigenvalue weighted by molar-refractivity contribution is -0.141. The lowest BCUT2D eigenvalue weighted by atomic mass is 10.1. The zero-order valence-corrected chi connectivity index (χ0v) is 10.2. The van der Waals surface area contributed by atoms with Gasteiger partial charge in [0, 0.05) is 12.5 Å². The van der Waals surface area contributed by atoms with Gasteiger partial charge in [-0.25, -0.2) is 4.98 Å². The van der Waals surface area contributed by atoms with Gasteiger partial charge in [-0.05, 0) is 18.9 Å². The minimum Gasteiger partial charge on any atom is -0.396 e. The first-order valence-electron chi connectivity index (χ1n) is 6.12. The van der Waals surface area contributed by atoms with E-state index in [1.54, 1.807) is 0 Å². The molecule has 2 rings (SSSR count). The van der Waals surface area contributed by atoms with Crippen molar-refractivity contribution in [1.29, 1.82) is 0 Å². The van der Waals surface area contributed by atoms with Crippen LogP contribution in [0.4, 0.5) is 24.5 Å². The third-order valence-electron chi connectivity index (χ3n) is 3.40. The highest BCUT2D eigenvalue weighted by atomic mass is 19.4. The maximum absolute atomic E-state index is 12.5. The topological polar surface area (TPSA) is 71.2 Å². The number of halogens is 3. The Bertz CT molecular complexity index is 450. The molecule has 0 spiro atoms. The summed E-state index contributed by atoms with van der Waals surface area (Å²) in [5, 5.41) is 12.5. The number of hydrogen-bond donors (Lipinski definition) is 3. The van der Waals surface area contributed by atoms with Crippen molar-refractivity contribution in [3.63, 3.8) is 0 Å². The third kappa shape index (κ3) is 3.28. The summed E-state index contributed by atoms with van der Waals surface area (Å²) in [5.41, 5.74) is 5.00. The molecule has 1 aliphatic rings. The molecule has 4 nitrogen and oxygen atoms in total. The van der Waals surface area contributed by atoms with E-state index < -0.39 is 18.0 Å². The molecular formula is C12H16F3N3O. The molecule has 2 atom stereocenters. The van der Waals surface area contributed by atoms with E-state index >= 15 is 0 Å². The fourth-order valence-corrected chi connectivity index (χ4v) is 2.27. The molecule has 1 aromatic rings. The molecule has 1 heterocycles. The molecule has 1 fully saturated rings. The van der Waals surface area contributed by atoms with Crippen LogP contribution in [0.25, 0.3) is 0 Å². The highest BCUT2D eigenvalue weighted by Gasteiger charge is 2.33. The second kappa shape index (κ2) is 5.24. The van der Waals surface area contributed by atoms with Crippen LogP contribution in [0.2, 0.25) is 0 Å². The SMILES string of the molecule is Nc1cnc(C(F)(F)F)cc1NCC1CCCC1O. The minimum atomic E-state index is -4.49. The van der Waals surface area contributed by atoms with Crippen LogP contribution < -0.4 is 11.1 Å². The van der Waals surface area contributed by atoms with Gasteiger partial charge in [0.2, 0.25) is 0 Å². The summed E-state index contributed by atoms with van der Waals surface area (Å²) in [7, 11) is 0. The number of alkyl halides is 3. The summed E-state index contributed by atoms with van der Waals surface area (Å²) in [4.78, 5) is 3.27. The van der Waals surface area contributed by atoms with Crippen LogP contribution in [0.15, 0.2) is 12.3 Å². The molecular weight excluding hydrogens is 259 g/mol. The zero-order chi connectivity index (χ0) is 14.0. The number of nitrogen functional groups attached to an aromatic ring is 1. The van der Waals surface area contributed by atoms with Crippen LogP contribution in [-0.4, -0.2) is 22.7 Å². The summed E-state index contributed by atoms with van der Waals surface area (Å²) in [6.45, 7) is 0.409. The normalized spacial score (nSPS) is 23.6. The molecule has 7 heteroatoms. The van der Waals surface area contributed by atoms with Crippen molar-refractivity contribution >= 4 is 11.4 Å². The average molecular weight is 275 g/mol. The number of nitrogens with zero attached hydrogens (tertiary/aromatic N) is 1. The Balaban J connectivity index is 2.07. The van der Waals surface area contributed by atoms with Gasteiger partial charge in [0.1, 0.15) is 5.69 Å². The van der Waals surface area contributed by atoms with Crippen molar-refractivity contribution < 1.29 is 18.3 Å². The molecule has 19 heavy (non-hydrogen) atoms. The molecule has 0 saturated heterocycles. The van der Waals surface area contributed by atoms with Gasteiger partial charge >= 0.3 is 6.18 Å². The van der Waals surface area contributed by atoms with Crippen LogP contribution in [0.1, 0.15) is 25.0 Å². The van der Waals surface area contributed by atoms with E-state index in [4.69, 9.17) is 5.73 Å². The van der Waals surface area contributed by atoms with Crippen molar-refractivity contribution in [1.82, 2.24) is 4.98 Å². The number of pyridine rings is 1. The predicted molar refractivity (Wildman–Crippen MR) is 65.5 cm³/mol. The van der Waals surface area contributed by atoms with Gasteiger partial charge in [-0.1, -0.05) is 6.42 Å². The second-order valence-corrected chi connectivity index (χ2v) is 4.79. The van der Waals surface area contributed by atoms with Gasteiger partial charge in [-0.2, -0.15) is 13.2 Å². The summed E-state index contributed by atoms with van der Waals surface area (Å²) < 4.78 is 37.6.